The Balaban J connectivity index is 0.00000196. The van der Waals surface area contributed by atoms with Crippen LogP contribution in [0.15, 0.2) is 18.2 Å². The molecule has 2 N–H and O–H groups in total. The number of nitrogen functional groups attached to an aromatic ring is 1. The summed E-state index contributed by atoms with van der Waals surface area (Å²) in [4.78, 5) is 11.4. The molecule has 5 heteroatoms. The molecular formula is C10H13Cl2NO2. The summed E-state index contributed by atoms with van der Waals surface area (Å²) in [5, 5.41) is 0.361. The van der Waals surface area contributed by atoms with Crippen molar-refractivity contribution < 1.29 is 9.53 Å². The normalized spacial score (nSPS) is 9.20. The van der Waals surface area contributed by atoms with Gasteiger partial charge in [0.05, 0.1) is 17.2 Å². The molecule has 1 rings (SSSR count). The van der Waals surface area contributed by atoms with E-state index in [1.54, 1.807) is 12.1 Å². The van der Waals surface area contributed by atoms with Gasteiger partial charge in [0, 0.05) is 5.69 Å². The van der Waals surface area contributed by atoms with Gasteiger partial charge in [-0.2, -0.15) is 0 Å². The maximum atomic E-state index is 11.4. The van der Waals surface area contributed by atoms with Gasteiger partial charge in [0.15, 0.2) is 0 Å². The molecule has 84 valence electrons. The molecule has 0 bridgehead atoms. The number of esters is 1. The molecule has 15 heavy (non-hydrogen) atoms. The summed E-state index contributed by atoms with van der Waals surface area (Å²) in [6.07, 6.45) is 0.783. The third-order valence-corrected chi connectivity index (χ3v) is 1.98. The van der Waals surface area contributed by atoms with E-state index in [0.29, 0.717) is 22.9 Å². The van der Waals surface area contributed by atoms with E-state index in [0.717, 1.165) is 6.42 Å². The van der Waals surface area contributed by atoms with Crippen LogP contribution in [-0.2, 0) is 4.74 Å². The number of benzene rings is 1. The van der Waals surface area contributed by atoms with Crippen molar-refractivity contribution in [2.75, 3.05) is 12.3 Å². The minimum atomic E-state index is -0.427. The first-order chi connectivity index (χ1) is 6.65. The molecule has 0 heterocycles. The molecule has 3 nitrogen and oxygen atoms in total. The van der Waals surface area contributed by atoms with Gasteiger partial charge in [-0.25, -0.2) is 4.79 Å². The average Bonchev–Trinajstić information content (AvgIpc) is 2.18. The largest absolute Gasteiger partial charge is 0.462 e. The second-order valence-electron chi connectivity index (χ2n) is 2.88. The Morgan fingerprint density at radius 1 is 1.53 bits per heavy atom. The van der Waals surface area contributed by atoms with Crippen LogP contribution >= 0.6 is 24.0 Å². The van der Waals surface area contributed by atoms with Crippen molar-refractivity contribution in [3.8, 4) is 0 Å². The monoisotopic (exact) mass is 249 g/mol. The second kappa shape index (κ2) is 6.53. The highest BCUT2D eigenvalue weighted by molar-refractivity contribution is 6.33. The van der Waals surface area contributed by atoms with E-state index >= 15 is 0 Å². The van der Waals surface area contributed by atoms with Gasteiger partial charge in [-0.3, -0.25) is 0 Å². The number of ether oxygens (including phenoxy) is 1. The zero-order chi connectivity index (χ0) is 10.6. The zero-order valence-corrected chi connectivity index (χ0v) is 9.90. The fourth-order valence-electron chi connectivity index (χ4n) is 0.972. The first-order valence-corrected chi connectivity index (χ1v) is 4.75. The number of rotatable bonds is 3. The van der Waals surface area contributed by atoms with Crippen molar-refractivity contribution in [1.82, 2.24) is 0 Å². The molecule has 0 aromatic heterocycles. The van der Waals surface area contributed by atoms with E-state index in [-0.39, 0.29) is 12.4 Å². The summed E-state index contributed by atoms with van der Waals surface area (Å²) in [5.41, 5.74) is 6.35. The Labute approximate surface area is 100.0 Å². The molecule has 1 aromatic rings. The van der Waals surface area contributed by atoms with E-state index in [1.807, 2.05) is 6.92 Å². The van der Waals surface area contributed by atoms with Crippen LogP contribution in [0.25, 0.3) is 0 Å². The summed E-state index contributed by atoms with van der Waals surface area (Å²) in [5.74, 6) is -0.427. The summed E-state index contributed by atoms with van der Waals surface area (Å²) in [7, 11) is 0. The predicted molar refractivity (Wildman–Crippen MR) is 63.7 cm³/mol. The summed E-state index contributed by atoms with van der Waals surface area (Å²) >= 11 is 5.81. The van der Waals surface area contributed by atoms with Crippen LogP contribution in [0.3, 0.4) is 0 Å². The number of hydrogen-bond donors (Lipinski definition) is 1. The fraction of sp³-hybridized carbons (Fsp3) is 0.300. The quantitative estimate of drug-likeness (QED) is 0.662. The zero-order valence-electron chi connectivity index (χ0n) is 8.33. The van der Waals surface area contributed by atoms with Gasteiger partial charge in [0.2, 0.25) is 0 Å². The van der Waals surface area contributed by atoms with Gasteiger partial charge in [0.25, 0.3) is 0 Å². The summed E-state index contributed by atoms with van der Waals surface area (Å²) < 4.78 is 4.93. The van der Waals surface area contributed by atoms with E-state index in [4.69, 9.17) is 22.1 Å². The van der Waals surface area contributed by atoms with Crippen LogP contribution in [-0.4, -0.2) is 12.6 Å². The fourth-order valence-corrected chi connectivity index (χ4v) is 1.17. The maximum absolute atomic E-state index is 11.4. The number of anilines is 1. The second-order valence-corrected chi connectivity index (χ2v) is 3.28. The third kappa shape index (κ3) is 3.98. The highest BCUT2D eigenvalue weighted by Crippen LogP contribution is 2.19. The lowest BCUT2D eigenvalue weighted by molar-refractivity contribution is 0.0505. The molecule has 0 fully saturated rings. The minimum absolute atomic E-state index is 0. The van der Waals surface area contributed by atoms with E-state index in [9.17, 15) is 4.79 Å². The number of hydrogen-bond acceptors (Lipinski definition) is 3. The molecule has 1 aromatic carbocycles. The molecule has 0 unspecified atom stereocenters. The number of nitrogens with two attached hydrogens (primary N) is 1. The molecule has 0 aliphatic heterocycles. The Morgan fingerprint density at radius 2 is 2.20 bits per heavy atom. The average molecular weight is 250 g/mol. The number of carbonyl (C=O) groups excluding carboxylic acids is 1. The van der Waals surface area contributed by atoms with Crippen LogP contribution in [0.2, 0.25) is 5.02 Å². The van der Waals surface area contributed by atoms with E-state index in [2.05, 4.69) is 0 Å². The molecular weight excluding hydrogens is 237 g/mol. The Hall–Kier alpha value is -0.930. The standard InChI is InChI=1S/C10H12ClNO2.ClH/c1-2-5-14-10(13)8-6-7(12)3-4-9(8)11;/h3-4,6H,2,5,12H2,1H3;1H. The van der Waals surface area contributed by atoms with Gasteiger partial charge in [-0.05, 0) is 24.6 Å². The SMILES string of the molecule is CCCOC(=O)c1cc(N)ccc1Cl.Cl. The van der Waals surface area contributed by atoms with Crippen LogP contribution in [0, 0.1) is 0 Å². The lowest BCUT2D eigenvalue weighted by Crippen LogP contribution is -2.07. The van der Waals surface area contributed by atoms with Crippen molar-refractivity contribution in [1.29, 1.82) is 0 Å². The molecule has 0 saturated carbocycles. The Bertz CT molecular complexity index is 342. The Morgan fingerprint density at radius 3 is 2.80 bits per heavy atom. The Kier molecular flexibility index (Phi) is 6.13. The first-order valence-electron chi connectivity index (χ1n) is 4.37. The van der Waals surface area contributed by atoms with Crippen LogP contribution in [0.1, 0.15) is 23.7 Å². The summed E-state index contributed by atoms with van der Waals surface area (Å²) in [6, 6.07) is 4.73. The van der Waals surface area contributed by atoms with Gasteiger partial charge in [-0.1, -0.05) is 18.5 Å². The molecule has 0 saturated heterocycles. The van der Waals surface area contributed by atoms with Crippen LogP contribution < -0.4 is 5.73 Å². The van der Waals surface area contributed by atoms with Gasteiger partial charge >= 0.3 is 5.97 Å². The van der Waals surface area contributed by atoms with Gasteiger partial charge in [-0.15, -0.1) is 12.4 Å². The van der Waals surface area contributed by atoms with Crippen molar-refractivity contribution in [2.24, 2.45) is 0 Å². The van der Waals surface area contributed by atoms with E-state index < -0.39 is 5.97 Å². The third-order valence-electron chi connectivity index (χ3n) is 1.65. The molecule has 0 amide bonds. The van der Waals surface area contributed by atoms with Crippen molar-refractivity contribution in [3.05, 3.63) is 28.8 Å². The number of carbonyl (C=O) groups is 1. The van der Waals surface area contributed by atoms with Crippen LogP contribution in [0.5, 0.6) is 0 Å². The van der Waals surface area contributed by atoms with Gasteiger partial charge in [0.1, 0.15) is 0 Å². The lowest BCUT2D eigenvalue weighted by Gasteiger charge is -2.05. The highest BCUT2D eigenvalue weighted by Gasteiger charge is 2.11. The van der Waals surface area contributed by atoms with Crippen molar-refractivity contribution in [2.45, 2.75) is 13.3 Å². The van der Waals surface area contributed by atoms with Crippen molar-refractivity contribution >= 4 is 35.7 Å². The molecule has 0 radical (unpaired) electrons. The highest BCUT2D eigenvalue weighted by atomic mass is 35.5. The van der Waals surface area contributed by atoms with Crippen molar-refractivity contribution in [3.63, 3.8) is 0 Å². The lowest BCUT2D eigenvalue weighted by atomic mass is 10.2. The smallest absolute Gasteiger partial charge is 0.339 e. The predicted octanol–water partition coefficient (Wildman–Crippen LogP) is 2.91. The van der Waals surface area contributed by atoms with E-state index in [1.165, 1.54) is 6.07 Å². The molecule has 0 aliphatic rings. The molecule has 0 atom stereocenters. The molecule has 0 aliphatic carbocycles. The number of halogens is 2. The summed E-state index contributed by atoms with van der Waals surface area (Å²) in [6.45, 7) is 2.32. The first kappa shape index (κ1) is 14.1. The topological polar surface area (TPSA) is 52.3 Å². The van der Waals surface area contributed by atoms with Crippen LogP contribution in [0.4, 0.5) is 5.69 Å². The minimum Gasteiger partial charge on any atom is -0.462 e. The molecule has 0 spiro atoms. The maximum Gasteiger partial charge on any atom is 0.339 e. The van der Waals surface area contributed by atoms with Gasteiger partial charge < -0.3 is 10.5 Å².